The minimum Gasteiger partial charge on any atom is -0.497 e. The van der Waals surface area contributed by atoms with Gasteiger partial charge in [0, 0.05) is 11.5 Å². The van der Waals surface area contributed by atoms with Crippen molar-refractivity contribution in [1.82, 2.24) is 0 Å². The minimum absolute atomic E-state index is 0.0170. The van der Waals surface area contributed by atoms with Gasteiger partial charge in [-0.3, -0.25) is 9.59 Å². The van der Waals surface area contributed by atoms with Crippen LogP contribution < -0.4 is 4.74 Å². The highest BCUT2D eigenvalue weighted by atomic mass is 79.9. The summed E-state index contributed by atoms with van der Waals surface area (Å²) in [7, 11) is 3.02. The maximum Gasteiger partial charge on any atom is 0.311 e. The predicted molar refractivity (Wildman–Crippen MR) is 94.9 cm³/mol. The quantitative estimate of drug-likeness (QED) is 0.563. The molecule has 0 aliphatic heterocycles. The van der Waals surface area contributed by atoms with E-state index in [0.29, 0.717) is 11.3 Å². The molecule has 0 heterocycles. The highest BCUT2D eigenvalue weighted by Crippen LogP contribution is 2.59. The number of ether oxygens (including phenoxy) is 2. The molecule has 5 heteroatoms. The van der Waals surface area contributed by atoms with Crippen molar-refractivity contribution in [3.63, 3.8) is 0 Å². The summed E-state index contributed by atoms with van der Waals surface area (Å²) in [5, 5.41) is 0. The van der Waals surface area contributed by atoms with Crippen LogP contribution in [0.5, 0.6) is 5.75 Å². The third-order valence-electron chi connectivity index (χ3n) is 6.07. The zero-order valence-electron chi connectivity index (χ0n) is 14.5. The van der Waals surface area contributed by atoms with Crippen LogP contribution in [0.25, 0.3) is 0 Å². The second-order valence-electron chi connectivity index (χ2n) is 7.34. The molecule has 1 fully saturated rings. The topological polar surface area (TPSA) is 52.6 Å². The molecule has 4 atom stereocenters. The fourth-order valence-electron chi connectivity index (χ4n) is 4.90. The first-order valence-electron chi connectivity index (χ1n) is 8.25. The summed E-state index contributed by atoms with van der Waals surface area (Å²) in [5.41, 5.74) is 0.779. The van der Waals surface area contributed by atoms with Gasteiger partial charge in [-0.15, -0.1) is 0 Å². The molecule has 4 nitrogen and oxygen atoms in total. The Morgan fingerprint density at radius 1 is 1.25 bits per heavy atom. The Labute approximate surface area is 151 Å². The second kappa shape index (κ2) is 5.87. The number of carbonyl (C=O) groups excluding carboxylic acids is 2. The molecule has 1 saturated carbocycles. The van der Waals surface area contributed by atoms with Gasteiger partial charge in [-0.05, 0) is 42.9 Å². The lowest BCUT2D eigenvalue weighted by Gasteiger charge is -2.55. The molecule has 130 valence electrons. The number of fused-ring (bicyclic) bond motifs is 3. The molecule has 24 heavy (non-hydrogen) atoms. The number of hydrogen-bond donors (Lipinski definition) is 0. The molecule has 3 rings (SSSR count). The number of benzene rings is 1. The summed E-state index contributed by atoms with van der Waals surface area (Å²) in [6.07, 6.45) is 2.61. The average molecular weight is 395 g/mol. The number of methoxy groups -OCH3 is 2. The van der Waals surface area contributed by atoms with Gasteiger partial charge < -0.3 is 9.47 Å². The van der Waals surface area contributed by atoms with Crippen LogP contribution in [-0.2, 0) is 14.9 Å². The summed E-state index contributed by atoms with van der Waals surface area (Å²) in [6.45, 7) is 4.11. The van der Waals surface area contributed by atoms with Crippen molar-refractivity contribution in [1.29, 1.82) is 0 Å². The first-order chi connectivity index (χ1) is 11.3. The van der Waals surface area contributed by atoms with Crippen molar-refractivity contribution in [3.05, 3.63) is 29.3 Å². The number of alkyl halides is 1. The molecule has 0 aromatic heterocycles. The lowest BCUT2D eigenvalue weighted by Crippen LogP contribution is -2.58. The molecule has 1 aromatic rings. The number of esters is 1. The fourth-order valence-corrected chi connectivity index (χ4v) is 6.31. The van der Waals surface area contributed by atoms with Crippen LogP contribution in [0.3, 0.4) is 0 Å². The Kier molecular flexibility index (Phi) is 4.27. The van der Waals surface area contributed by atoms with Crippen molar-refractivity contribution in [2.45, 2.75) is 43.4 Å². The number of rotatable bonds is 2. The van der Waals surface area contributed by atoms with E-state index < -0.39 is 10.2 Å². The Hall–Kier alpha value is -1.36. The number of ketones is 1. The zero-order chi connectivity index (χ0) is 17.7. The summed E-state index contributed by atoms with van der Waals surface area (Å²) in [6, 6.07) is 5.70. The molecule has 0 bridgehead atoms. The van der Waals surface area contributed by atoms with Crippen molar-refractivity contribution >= 4 is 27.7 Å². The van der Waals surface area contributed by atoms with E-state index in [1.165, 1.54) is 7.11 Å². The molecule has 2 aliphatic carbocycles. The number of Topliss-reactive ketones (excluding diaryl/α,β-unsaturated/α-hetero) is 1. The van der Waals surface area contributed by atoms with Crippen LogP contribution in [-0.4, -0.2) is 30.8 Å². The van der Waals surface area contributed by atoms with Gasteiger partial charge in [0.2, 0.25) is 0 Å². The number of carbonyl (C=O) groups is 2. The Morgan fingerprint density at radius 2 is 1.96 bits per heavy atom. The molecule has 0 saturated heterocycles. The molecular weight excluding hydrogens is 372 g/mol. The molecule has 4 unspecified atom stereocenters. The van der Waals surface area contributed by atoms with Crippen LogP contribution in [0.2, 0.25) is 0 Å². The summed E-state index contributed by atoms with van der Waals surface area (Å²) in [5.74, 6) is 0.325. The third kappa shape index (κ3) is 2.24. The van der Waals surface area contributed by atoms with E-state index in [0.717, 1.165) is 24.8 Å². The molecule has 2 aliphatic rings. The van der Waals surface area contributed by atoms with Gasteiger partial charge in [-0.25, -0.2) is 0 Å². The van der Waals surface area contributed by atoms with Crippen molar-refractivity contribution < 1.29 is 19.1 Å². The van der Waals surface area contributed by atoms with E-state index in [9.17, 15) is 9.59 Å². The molecule has 1 aromatic carbocycles. The van der Waals surface area contributed by atoms with Crippen LogP contribution >= 0.6 is 15.9 Å². The van der Waals surface area contributed by atoms with Gasteiger partial charge >= 0.3 is 5.97 Å². The van der Waals surface area contributed by atoms with Crippen LogP contribution in [0.4, 0.5) is 0 Å². The maximum absolute atomic E-state index is 13.0. The Morgan fingerprint density at radius 3 is 2.58 bits per heavy atom. The van der Waals surface area contributed by atoms with Gasteiger partial charge in [0.15, 0.2) is 5.78 Å². The number of hydrogen-bond acceptors (Lipinski definition) is 4. The highest BCUT2D eigenvalue weighted by molar-refractivity contribution is 9.10. The lowest BCUT2D eigenvalue weighted by molar-refractivity contribution is -0.160. The van der Waals surface area contributed by atoms with E-state index in [-0.39, 0.29) is 23.1 Å². The van der Waals surface area contributed by atoms with Crippen LogP contribution in [0.15, 0.2) is 18.2 Å². The fraction of sp³-hybridized carbons (Fsp3) is 0.579. The molecule has 0 N–H and O–H groups in total. The standard InChI is InChI=1S/C19H23BrO4/c1-18-8-5-9-19(2,17(22)24-4)16(18)14(20)15(21)12-10-11(23-3)6-7-13(12)18/h6-7,10,14,16H,5,8-9H2,1-4H3. The Balaban J connectivity index is 2.21. The van der Waals surface area contributed by atoms with Gasteiger partial charge in [0.05, 0.1) is 24.5 Å². The largest absolute Gasteiger partial charge is 0.497 e. The van der Waals surface area contributed by atoms with Gasteiger partial charge in [-0.1, -0.05) is 35.3 Å². The highest BCUT2D eigenvalue weighted by Gasteiger charge is 2.60. The zero-order valence-corrected chi connectivity index (χ0v) is 16.1. The smallest absolute Gasteiger partial charge is 0.311 e. The van der Waals surface area contributed by atoms with Gasteiger partial charge in [0.1, 0.15) is 5.75 Å². The van der Waals surface area contributed by atoms with E-state index in [2.05, 4.69) is 22.9 Å². The molecule has 0 spiro atoms. The minimum atomic E-state index is -0.677. The second-order valence-corrected chi connectivity index (χ2v) is 8.32. The van der Waals surface area contributed by atoms with Gasteiger partial charge in [-0.2, -0.15) is 0 Å². The normalized spacial score (nSPS) is 35.0. The monoisotopic (exact) mass is 394 g/mol. The SMILES string of the molecule is COC(=O)C1(C)CCCC2(C)c3ccc(OC)cc3C(=O)C(Br)C12. The van der Waals surface area contributed by atoms with Crippen molar-refractivity contribution in [2.75, 3.05) is 14.2 Å². The van der Waals surface area contributed by atoms with E-state index >= 15 is 0 Å². The molecular formula is C19H23BrO4. The summed E-state index contributed by atoms with van der Waals surface area (Å²) >= 11 is 3.62. The van der Waals surface area contributed by atoms with E-state index in [4.69, 9.17) is 9.47 Å². The van der Waals surface area contributed by atoms with Crippen LogP contribution in [0.1, 0.15) is 49.0 Å². The summed E-state index contributed by atoms with van der Waals surface area (Å²) < 4.78 is 10.4. The maximum atomic E-state index is 13.0. The number of halogens is 1. The van der Waals surface area contributed by atoms with Gasteiger partial charge in [0.25, 0.3) is 0 Å². The van der Waals surface area contributed by atoms with E-state index in [1.807, 2.05) is 25.1 Å². The summed E-state index contributed by atoms with van der Waals surface area (Å²) in [4.78, 5) is 25.2. The van der Waals surface area contributed by atoms with Crippen molar-refractivity contribution in [2.24, 2.45) is 11.3 Å². The predicted octanol–water partition coefficient (Wildman–Crippen LogP) is 3.89. The average Bonchev–Trinajstić information content (AvgIpc) is 2.58. The van der Waals surface area contributed by atoms with E-state index in [1.54, 1.807) is 7.11 Å². The third-order valence-corrected chi connectivity index (χ3v) is 7.01. The molecule has 0 amide bonds. The first-order valence-corrected chi connectivity index (χ1v) is 9.16. The van der Waals surface area contributed by atoms with Crippen LogP contribution in [0, 0.1) is 11.3 Å². The molecule has 0 radical (unpaired) electrons. The first kappa shape index (κ1) is 17.5. The lowest BCUT2D eigenvalue weighted by atomic mass is 9.49. The van der Waals surface area contributed by atoms with Crippen molar-refractivity contribution in [3.8, 4) is 5.75 Å². The Bertz CT molecular complexity index is 701.